The number of benzene rings is 1. The minimum atomic E-state index is -0.278. The average Bonchev–Trinajstić information content (AvgIpc) is 2.68. The maximum absolute atomic E-state index is 12.6. The molecule has 0 spiro atoms. The Morgan fingerprint density at radius 1 is 1.04 bits per heavy atom. The van der Waals surface area contributed by atoms with Gasteiger partial charge in [-0.3, -0.25) is 4.79 Å². The second-order valence-corrected chi connectivity index (χ2v) is 6.36. The molecule has 3 heterocycles. The standard InChI is InChI=1S/C18H21N5O3/c1-22-4-6-23(7-5-22)17-11-14(19-12-20-17)18(24)21-13-2-3-15-16(10-13)26-9-8-25-15/h2-3,10-12H,4-9H2,1H3,(H,21,24). The van der Waals surface area contributed by atoms with Gasteiger partial charge in [-0.1, -0.05) is 0 Å². The zero-order chi connectivity index (χ0) is 17.9. The molecule has 0 unspecified atom stereocenters. The number of hydrogen-bond donors (Lipinski definition) is 1. The SMILES string of the molecule is CN1CCN(c2cc(C(=O)Nc3ccc4c(c3)OCCO4)ncn2)CC1. The van der Waals surface area contributed by atoms with Gasteiger partial charge in [0.05, 0.1) is 0 Å². The number of fused-ring (bicyclic) bond motifs is 1. The smallest absolute Gasteiger partial charge is 0.274 e. The predicted molar refractivity (Wildman–Crippen MR) is 97.1 cm³/mol. The molecule has 1 N–H and O–H groups in total. The van der Waals surface area contributed by atoms with Crippen molar-refractivity contribution in [3.05, 3.63) is 36.3 Å². The van der Waals surface area contributed by atoms with Gasteiger partial charge in [-0.2, -0.15) is 0 Å². The summed E-state index contributed by atoms with van der Waals surface area (Å²) in [5.74, 6) is 1.82. The molecule has 0 aliphatic carbocycles. The number of ether oxygens (including phenoxy) is 2. The van der Waals surface area contributed by atoms with Crippen LogP contribution in [0.15, 0.2) is 30.6 Å². The van der Waals surface area contributed by atoms with Gasteiger partial charge in [0.1, 0.15) is 31.1 Å². The topological polar surface area (TPSA) is 79.8 Å². The summed E-state index contributed by atoms with van der Waals surface area (Å²) in [4.78, 5) is 25.4. The first-order chi connectivity index (χ1) is 12.7. The lowest BCUT2D eigenvalue weighted by Crippen LogP contribution is -2.44. The Morgan fingerprint density at radius 3 is 2.62 bits per heavy atom. The first-order valence-electron chi connectivity index (χ1n) is 8.65. The summed E-state index contributed by atoms with van der Waals surface area (Å²) in [6.07, 6.45) is 1.44. The van der Waals surface area contributed by atoms with Gasteiger partial charge in [0, 0.05) is 44.0 Å². The molecule has 0 radical (unpaired) electrons. The van der Waals surface area contributed by atoms with E-state index in [1.165, 1.54) is 6.33 Å². The van der Waals surface area contributed by atoms with Crippen LogP contribution < -0.4 is 19.7 Å². The fourth-order valence-corrected chi connectivity index (χ4v) is 3.00. The van der Waals surface area contributed by atoms with Gasteiger partial charge < -0.3 is 24.6 Å². The highest BCUT2D eigenvalue weighted by Crippen LogP contribution is 2.32. The Morgan fingerprint density at radius 2 is 1.81 bits per heavy atom. The van der Waals surface area contributed by atoms with Gasteiger partial charge in [0.25, 0.3) is 5.91 Å². The highest BCUT2D eigenvalue weighted by atomic mass is 16.6. The Balaban J connectivity index is 1.47. The van der Waals surface area contributed by atoms with E-state index in [0.29, 0.717) is 36.1 Å². The number of anilines is 2. The molecular formula is C18H21N5O3. The van der Waals surface area contributed by atoms with Crippen LogP contribution in [-0.4, -0.2) is 67.2 Å². The zero-order valence-corrected chi connectivity index (χ0v) is 14.6. The maximum atomic E-state index is 12.6. The molecule has 2 aromatic rings. The third kappa shape index (κ3) is 3.55. The first kappa shape index (κ1) is 16.6. The number of nitrogens with one attached hydrogen (secondary N) is 1. The van der Waals surface area contributed by atoms with E-state index >= 15 is 0 Å². The Kier molecular flexibility index (Phi) is 4.57. The van der Waals surface area contributed by atoms with Crippen molar-refractivity contribution in [2.45, 2.75) is 0 Å². The summed E-state index contributed by atoms with van der Waals surface area (Å²) in [5.41, 5.74) is 0.975. The monoisotopic (exact) mass is 355 g/mol. The molecule has 1 saturated heterocycles. The Labute approximate surface area is 151 Å². The number of carbonyl (C=O) groups is 1. The van der Waals surface area contributed by atoms with E-state index in [2.05, 4.69) is 32.1 Å². The van der Waals surface area contributed by atoms with Crippen molar-refractivity contribution in [2.75, 3.05) is 56.7 Å². The number of amides is 1. The van der Waals surface area contributed by atoms with Gasteiger partial charge in [-0.05, 0) is 19.2 Å². The van der Waals surface area contributed by atoms with E-state index in [1.807, 2.05) is 0 Å². The molecule has 8 heteroatoms. The van der Waals surface area contributed by atoms with Crippen LogP contribution >= 0.6 is 0 Å². The van der Waals surface area contributed by atoms with Gasteiger partial charge in [0.2, 0.25) is 0 Å². The predicted octanol–water partition coefficient (Wildman–Crippen LogP) is 1.25. The van der Waals surface area contributed by atoms with Crippen LogP contribution in [0.3, 0.4) is 0 Å². The van der Waals surface area contributed by atoms with Gasteiger partial charge in [0.15, 0.2) is 11.5 Å². The summed E-state index contributed by atoms with van der Waals surface area (Å²) < 4.78 is 11.0. The van der Waals surface area contributed by atoms with Gasteiger partial charge in [-0.15, -0.1) is 0 Å². The van der Waals surface area contributed by atoms with Crippen molar-refractivity contribution >= 4 is 17.4 Å². The van der Waals surface area contributed by atoms with Crippen LogP contribution in [0.25, 0.3) is 0 Å². The number of nitrogens with zero attached hydrogens (tertiary/aromatic N) is 4. The molecule has 0 bridgehead atoms. The number of carbonyl (C=O) groups excluding carboxylic acids is 1. The number of aromatic nitrogens is 2. The molecule has 26 heavy (non-hydrogen) atoms. The summed E-state index contributed by atoms with van der Waals surface area (Å²) in [7, 11) is 2.10. The summed E-state index contributed by atoms with van der Waals surface area (Å²) in [5, 5.41) is 2.85. The fourth-order valence-electron chi connectivity index (χ4n) is 3.00. The van der Waals surface area contributed by atoms with Crippen LogP contribution in [0, 0.1) is 0 Å². The Bertz CT molecular complexity index is 805. The number of piperazine rings is 1. The zero-order valence-electron chi connectivity index (χ0n) is 14.6. The molecule has 1 fully saturated rings. The van der Waals surface area contributed by atoms with Gasteiger partial charge >= 0.3 is 0 Å². The highest BCUT2D eigenvalue weighted by molar-refractivity contribution is 6.03. The van der Waals surface area contributed by atoms with Crippen LogP contribution in [0.4, 0.5) is 11.5 Å². The van der Waals surface area contributed by atoms with Crippen LogP contribution in [0.5, 0.6) is 11.5 Å². The second kappa shape index (κ2) is 7.17. The van der Waals surface area contributed by atoms with E-state index in [1.54, 1.807) is 24.3 Å². The third-order valence-corrected chi connectivity index (χ3v) is 4.51. The lowest BCUT2D eigenvalue weighted by Gasteiger charge is -2.33. The molecule has 1 aromatic carbocycles. The van der Waals surface area contributed by atoms with Crippen molar-refractivity contribution in [1.29, 1.82) is 0 Å². The average molecular weight is 355 g/mol. The van der Waals surface area contributed by atoms with Crippen molar-refractivity contribution in [3.63, 3.8) is 0 Å². The largest absolute Gasteiger partial charge is 0.486 e. The molecule has 136 valence electrons. The summed E-state index contributed by atoms with van der Waals surface area (Å²) in [6.45, 7) is 4.76. The lowest BCUT2D eigenvalue weighted by molar-refractivity contribution is 0.102. The second-order valence-electron chi connectivity index (χ2n) is 6.36. The highest BCUT2D eigenvalue weighted by Gasteiger charge is 2.18. The normalized spacial score (nSPS) is 17.0. The minimum Gasteiger partial charge on any atom is -0.486 e. The lowest BCUT2D eigenvalue weighted by atomic mass is 10.2. The van der Waals surface area contributed by atoms with Gasteiger partial charge in [-0.25, -0.2) is 9.97 Å². The van der Waals surface area contributed by atoms with Crippen molar-refractivity contribution in [3.8, 4) is 11.5 Å². The quantitative estimate of drug-likeness (QED) is 0.888. The molecule has 2 aliphatic rings. The Hall–Kier alpha value is -2.87. The molecule has 1 amide bonds. The van der Waals surface area contributed by atoms with Crippen LogP contribution in [0.2, 0.25) is 0 Å². The van der Waals surface area contributed by atoms with Crippen molar-refractivity contribution in [2.24, 2.45) is 0 Å². The third-order valence-electron chi connectivity index (χ3n) is 4.51. The van der Waals surface area contributed by atoms with E-state index in [9.17, 15) is 4.79 Å². The van der Waals surface area contributed by atoms with E-state index in [-0.39, 0.29) is 5.91 Å². The van der Waals surface area contributed by atoms with Crippen LogP contribution in [0.1, 0.15) is 10.5 Å². The molecule has 1 aromatic heterocycles. The first-order valence-corrected chi connectivity index (χ1v) is 8.65. The number of likely N-dealkylation sites (N-methyl/N-ethyl adjacent to an activating group) is 1. The maximum Gasteiger partial charge on any atom is 0.274 e. The molecule has 0 atom stereocenters. The van der Waals surface area contributed by atoms with Crippen molar-refractivity contribution in [1.82, 2.24) is 14.9 Å². The van der Waals surface area contributed by atoms with E-state index < -0.39 is 0 Å². The molecule has 2 aliphatic heterocycles. The molecular weight excluding hydrogens is 334 g/mol. The van der Waals surface area contributed by atoms with Crippen molar-refractivity contribution < 1.29 is 14.3 Å². The van der Waals surface area contributed by atoms with Crippen LogP contribution in [-0.2, 0) is 0 Å². The van der Waals surface area contributed by atoms with E-state index in [0.717, 1.165) is 32.0 Å². The fraction of sp³-hybridized carbons (Fsp3) is 0.389. The summed E-state index contributed by atoms with van der Waals surface area (Å²) >= 11 is 0. The molecule has 8 nitrogen and oxygen atoms in total. The summed E-state index contributed by atoms with van der Waals surface area (Å²) in [6, 6.07) is 7.07. The minimum absolute atomic E-state index is 0.278. The molecule has 0 saturated carbocycles. The molecule has 4 rings (SSSR count). The van der Waals surface area contributed by atoms with E-state index in [4.69, 9.17) is 9.47 Å². The number of hydrogen-bond acceptors (Lipinski definition) is 7. The number of rotatable bonds is 3.